The first-order valence-electron chi connectivity index (χ1n) is 8.00. The SMILES string of the molecule is CC(C)(C)OC(=O)N[C@@H]1CCN(C(=O)OC(C)(C)C)C(C(=O)O)C1. The summed E-state index contributed by atoms with van der Waals surface area (Å²) in [5.74, 6) is -1.13. The molecule has 138 valence electrons. The van der Waals surface area contributed by atoms with Crippen LogP contribution >= 0.6 is 0 Å². The van der Waals surface area contributed by atoms with E-state index in [1.165, 1.54) is 4.90 Å². The van der Waals surface area contributed by atoms with E-state index in [1.54, 1.807) is 41.5 Å². The number of piperidine rings is 1. The van der Waals surface area contributed by atoms with E-state index in [-0.39, 0.29) is 19.0 Å². The summed E-state index contributed by atoms with van der Waals surface area (Å²) in [4.78, 5) is 36.7. The molecule has 2 atom stereocenters. The van der Waals surface area contributed by atoms with Gasteiger partial charge in [-0.15, -0.1) is 0 Å². The largest absolute Gasteiger partial charge is 0.480 e. The van der Waals surface area contributed by atoms with Crippen molar-refractivity contribution in [2.45, 2.75) is 77.7 Å². The van der Waals surface area contributed by atoms with Crippen LogP contribution in [-0.4, -0.2) is 58.0 Å². The maximum atomic E-state index is 12.2. The first-order valence-corrected chi connectivity index (χ1v) is 8.00. The predicted molar refractivity (Wildman–Crippen MR) is 86.8 cm³/mol. The lowest BCUT2D eigenvalue weighted by Crippen LogP contribution is -2.56. The zero-order valence-corrected chi connectivity index (χ0v) is 15.2. The van der Waals surface area contributed by atoms with Gasteiger partial charge in [0.25, 0.3) is 0 Å². The molecule has 8 heteroatoms. The van der Waals surface area contributed by atoms with Crippen LogP contribution in [0.1, 0.15) is 54.4 Å². The molecule has 1 rings (SSSR count). The molecule has 8 nitrogen and oxygen atoms in total. The zero-order chi connectivity index (χ0) is 18.7. The van der Waals surface area contributed by atoms with Crippen molar-refractivity contribution in [3.05, 3.63) is 0 Å². The van der Waals surface area contributed by atoms with E-state index in [1.807, 2.05) is 0 Å². The summed E-state index contributed by atoms with van der Waals surface area (Å²) in [6, 6.07) is -1.42. The lowest BCUT2D eigenvalue weighted by molar-refractivity contribution is -0.144. The highest BCUT2D eigenvalue weighted by Gasteiger charge is 2.39. The molecule has 0 radical (unpaired) electrons. The minimum absolute atomic E-state index is 0.105. The highest BCUT2D eigenvalue weighted by Crippen LogP contribution is 2.21. The summed E-state index contributed by atoms with van der Waals surface area (Å²) in [7, 11) is 0. The van der Waals surface area contributed by atoms with Gasteiger partial charge >= 0.3 is 18.2 Å². The lowest BCUT2D eigenvalue weighted by Gasteiger charge is -2.38. The smallest absolute Gasteiger partial charge is 0.411 e. The van der Waals surface area contributed by atoms with Crippen LogP contribution in [0, 0.1) is 0 Å². The van der Waals surface area contributed by atoms with Gasteiger partial charge in [0.1, 0.15) is 17.2 Å². The topological polar surface area (TPSA) is 105 Å². The second-order valence-corrected chi connectivity index (χ2v) is 7.90. The number of carbonyl (C=O) groups excluding carboxylic acids is 2. The quantitative estimate of drug-likeness (QED) is 0.797. The highest BCUT2D eigenvalue weighted by atomic mass is 16.6. The fraction of sp³-hybridized carbons (Fsp3) is 0.812. The van der Waals surface area contributed by atoms with Crippen LogP contribution in [0.15, 0.2) is 0 Å². The van der Waals surface area contributed by atoms with Crippen LogP contribution in [-0.2, 0) is 14.3 Å². The van der Waals surface area contributed by atoms with Gasteiger partial charge in [-0.25, -0.2) is 14.4 Å². The molecule has 1 unspecified atom stereocenters. The molecule has 0 aromatic rings. The molecule has 0 aliphatic carbocycles. The summed E-state index contributed by atoms with van der Waals surface area (Å²) in [6.07, 6.45) is -0.719. The van der Waals surface area contributed by atoms with Gasteiger partial charge in [-0.05, 0) is 54.4 Å². The van der Waals surface area contributed by atoms with E-state index in [0.717, 1.165) is 0 Å². The number of aliphatic carboxylic acids is 1. The van der Waals surface area contributed by atoms with Crippen molar-refractivity contribution in [3.8, 4) is 0 Å². The van der Waals surface area contributed by atoms with E-state index in [9.17, 15) is 19.5 Å². The van der Waals surface area contributed by atoms with Gasteiger partial charge < -0.3 is 19.9 Å². The number of nitrogens with zero attached hydrogens (tertiary/aromatic N) is 1. The molecule has 1 aliphatic heterocycles. The molecule has 2 N–H and O–H groups in total. The average Bonchev–Trinajstić information content (AvgIpc) is 2.33. The van der Waals surface area contributed by atoms with Gasteiger partial charge in [0.15, 0.2) is 0 Å². The molecular weight excluding hydrogens is 316 g/mol. The van der Waals surface area contributed by atoms with Gasteiger partial charge in [-0.2, -0.15) is 0 Å². The summed E-state index contributed by atoms with van der Waals surface area (Å²) in [5, 5.41) is 12.1. The van der Waals surface area contributed by atoms with Crippen molar-refractivity contribution in [2.24, 2.45) is 0 Å². The molecule has 1 heterocycles. The lowest BCUT2D eigenvalue weighted by atomic mass is 9.97. The monoisotopic (exact) mass is 344 g/mol. The number of alkyl carbamates (subject to hydrolysis) is 1. The molecule has 0 saturated carbocycles. The van der Waals surface area contributed by atoms with Crippen LogP contribution in [0.3, 0.4) is 0 Å². The minimum atomic E-state index is -1.13. The van der Waals surface area contributed by atoms with Crippen molar-refractivity contribution < 1.29 is 29.0 Å². The van der Waals surface area contributed by atoms with Crippen LogP contribution in [0.25, 0.3) is 0 Å². The number of hydrogen-bond donors (Lipinski definition) is 2. The molecule has 1 fully saturated rings. The van der Waals surface area contributed by atoms with E-state index >= 15 is 0 Å². The molecule has 0 bridgehead atoms. The van der Waals surface area contributed by atoms with Crippen molar-refractivity contribution in [3.63, 3.8) is 0 Å². The Kier molecular flexibility index (Phi) is 6.08. The summed E-state index contributed by atoms with van der Waals surface area (Å²) >= 11 is 0. The van der Waals surface area contributed by atoms with Crippen LogP contribution < -0.4 is 5.32 Å². The van der Waals surface area contributed by atoms with Gasteiger partial charge in [0.05, 0.1) is 0 Å². The summed E-state index contributed by atoms with van der Waals surface area (Å²) in [5.41, 5.74) is -1.33. The Morgan fingerprint density at radius 1 is 1.04 bits per heavy atom. The Hall–Kier alpha value is -1.99. The second-order valence-electron chi connectivity index (χ2n) is 7.90. The normalized spacial score (nSPS) is 21.8. The molecule has 0 aromatic heterocycles. The van der Waals surface area contributed by atoms with Crippen molar-refractivity contribution >= 4 is 18.2 Å². The number of ether oxygens (including phenoxy) is 2. The second kappa shape index (κ2) is 7.27. The molecule has 1 saturated heterocycles. The van der Waals surface area contributed by atoms with Crippen LogP contribution in [0.5, 0.6) is 0 Å². The van der Waals surface area contributed by atoms with Gasteiger partial charge in [-0.1, -0.05) is 0 Å². The molecule has 0 spiro atoms. The highest BCUT2D eigenvalue weighted by molar-refractivity contribution is 5.80. The number of hydrogen-bond acceptors (Lipinski definition) is 5. The summed E-state index contributed by atoms with van der Waals surface area (Å²) in [6.45, 7) is 10.6. The number of carboxylic acids is 1. The van der Waals surface area contributed by atoms with E-state index in [0.29, 0.717) is 6.42 Å². The number of carbonyl (C=O) groups is 3. The Bertz CT molecular complexity index is 492. The fourth-order valence-corrected chi connectivity index (χ4v) is 2.34. The van der Waals surface area contributed by atoms with Gasteiger partial charge in [-0.3, -0.25) is 4.90 Å². The molecule has 24 heavy (non-hydrogen) atoms. The Morgan fingerprint density at radius 2 is 1.58 bits per heavy atom. The number of nitrogens with one attached hydrogen (secondary N) is 1. The Morgan fingerprint density at radius 3 is 2.04 bits per heavy atom. The third-order valence-corrected chi connectivity index (χ3v) is 3.24. The molecule has 1 aliphatic rings. The first kappa shape index (κ1) is 20.1. The number of rotatable bonds is 2. The Balaban J connectivity index is 2.70. The fourth-order valence-electron chi connectivity index (χ4n) is 2.34. The van der Waals surface area contributed by atoms with Crippen LogP contribution in [0.2, 0.25) is 0 Å². The third-order valence-electron chi connectivity index (χ3n) is 3.24. The van der Waals surface area contributed by atoms with Crippen LogP contribution in [0.4, 0.5) is 9.59 Å². The minimum Gasteiger partial charge on any atom is -0.480 e. The van der Waals surface area contributed by atoms with E-state index < -0.39 is 35.4 Å². The first-order chi connectivity index (χ1) is 10.8. The maximum Gasteiger partial charge on any atom is 0.411 e. The van der Waals surface area contributed by atoms with Crippen molar-refractivity contribution in [1.29, 1.82) is 0 Å². The van der Waals surface area contributed by atoms with Gasteiger partial charge in [0, 0.05) is 12.6 Å². The number of carboxylic acid groups (broad SMARTS) is 1. The van der Waals surface area contributed by atoms with Gasteiger partial charge in [0.2, 0.25) is 0 Å². The maximum absolute atomic E-state index is 12.2. The van der Waals surface area contributed by atoms with E-state index in [2.05, 4.69) is 5.32 Å². The van der Waals surface area contributed by atoms with Crippen molar-refractivity contribution in [1.82, 2.24) is 10.2 Å². The Labute approximate surface area is 142 Å². The predicted octanol–water partition coefficient (Wildman–Crippen LogP) is 2.36. The molecule has 0 aromatic carbocycles. The summed E-state index contributed by atoms with van der Waals surface area (Å²) < 4.78 is 10.4. The average molecular weight is 344 g/mol. The number of likely N-dealkylation sites (tertiary alicyclic amines) is 1. The molecule has 2 amide bonds. The van der Waals surface area contributed by atoms with E-state index in [4.69, 9.17) is 9.47 Å². The van der Waals surface area contributed by atoms with Crippen molar-refractivity contribution in [2.75, 3.05) is 6.54 Å². The zero-order valence-electron chi connectivity index (χ0n) is 15.2. The number of amides is 2. The third kappa shape index (κ3) is 6.64. The standard InChI is InChI=1S/C16H28N2O6/c1-15(2,3)23-13(21)17-10-7-8-18(11(9-10)12(19)20)14(22)24-16(4,5)6/h10-11H,7-9H2,1-6H3,(H,17,21)(H,19,20)/t10-,11?/m1/s1. The molecular formula is C16H28N2O6.